The fraction of sp³-hybridized carbons (Fsp3) is 0.500. The molecular weight excluding hydrogens is 642 g/mol. The van der Waals surface area contributed by atoms with E-state index in [0.29, 0.717) is 43.7 Å². The molecule has 10 heteroatoms. The van der Waals surface area contributed by atoms with Crippen LogP contribution in [0.25, 0.3) is 0 Å². The average molecular weight is 683 g/mol. The summed E-state index contributed by atoms with van der Waals surface area (Å²) in [7, 11) is 0. The zero-order valence-electron chi connectivity index (χ0n) is 25.7. The summed E-state index contributed by atoms with van der Waals surface area (Å²) in [6.45, 7) is 9.21. The van der Waals surface area contributed by atoms with Crippen LogP contribution in [-0.4, -0.2) is 80.6 Å². The minimum Gasteiger partial charge on any atom is -0.444 e. The average Bonchev–Trinajstić information content (AvgIpc) is 3.44. The molecule has 0 N–H and O–H groups in total. The highest BCUT2D eigenvalue weighted by Crippen LogP contribution is 2.39. The number of fused-ring (bicyclic) bond motifs is 2. The largest absolute Gasteiger partial charge is 0.444 e. The molecule has 0 radical (unpaired) electrons. The van der Waals surface area contributed by atoms with Crippen molar-refractivity contribution >= 4 is 39.5 Å². The number of carbonyl (C=O) groups is 2. The van der Waals surface area contributed by atoms with Crippen LogP contribution >= 0.6 is 27.5 Å². The van der Waals surface area contributed by atoms with Crippen molar-refractivity contribution in [1.82, 2.24) is 24.3 Å². The van der Waals surface area contributed by atoms with Crippen LogP contribution in [0.3, 0.4) is 0 Å². The normalized spacial score (nSPS) is 22.6. The lowest BCUT2D eigenvalue weighted by molar-refractivity contribution is -0.141. The number of carbonyl (C=O) groups excluding carboxylic acids is 2. The Morgan fingerprint density at radius 3 is 2.59 bits per heavy atom. The van der Waals surface area contributed by atoms with Gasteiger partial charge >= 0.3 is 6.09 Å². The molecule has 0 spiro atoms. The van der Waals surface area contributed by atoms with Crippen molar-refractivity contribution in [1.29, 1.82) is 0 Å². The van der Waals surface area contributed by atoms with Gasteiger partial charge in [-0.05, 0) is 115 Å². The van der Waals surface area contributed by atoms with E-state index in [1.165, 1.54) is 11.1 Å². The van der Waals surface area contributed by atoms with E-state index in [0.717, 1.165) is 48.0 Å². The molecule has 0 bridgehead atoms. The van der Waals surface area contributed by atoms with E-state index in [-0.39, 0.29) is 11.9 Å². The van der Waals surface area contributed by atoms with Gasteiger partial charge < -0.3 is 14.2 Å². The van der Waals surface area contributed by atoms with Gasteiger partial charge in [-0.3, -0.25) is 19.6 Å². The van der Waals surface area contributed by atoms with Crippen LogP contribution in [0.15, 0.2) is 59.5 Å². The maximum absolute atomic E-state index is 14.5. The van der Waals surface area contributed by atoms with Gasteiger partial charge in [0, 0.05) is 67.4 Å². The molecular formula is C34H41BrClN5O3. The molecule has 2 amide bonds. The van der Waals surface area contributed by atoms with Crippen molar-refractivity contribution in [3.63, 3.8) is 0 Å². The molecule has 3 aromatic rings. The standard InChI is InChI=1S/C34H41BrClN5O3/c1-34(2,3)44-33(43)41-16-15-39(22-29(41)32(42)40-14-6-7-23(21-40)20-38-12-4-5-13-38)31-28-11-10-27(36)18-24(28)8-9-25-17-26(35)19-37-30(25)31/h4-5,10-13,17-19,23,29,31H,6-9,14-16,20-22H2,1-3H3/t23-,29-,31+/m1/s1. The summed E-state index contributed by atoms with van der Waals surface area (Å²) in [5, 5.41) is 0.713. The number of hydrogen-bond donors (Lipinski definition) is 0. The van der Waals surface area contributed by atoms with Crippen LogP contribution in [0.1, 0.15) is 62.0 Å². The second kappa shape index (κ2) is 12.9. The van der Waals surface area contributed by atoms with Gasteiger partial charge in [-0.2, -0.15) is 0 Å². The van der Waals surface area contributed by atoms with E-state index in [1.807, 2.05) is 50.1 Å². The summed E-state index contributed by atoms with van der Waals surface area (Å²) in [6.07, 6.45) is 9.30. The summed E-state index contributed by atoms with van der Waals surface area (Å²) in [6, 6.07) is 11.5. The third-order valence-electron chi connectivity index (χ3n) is 8.95. The molecule has 2 aliphatic heterocycles. The second-order valence-electron chi connectivity index (χ2n) is 13.3. The van der Waals surface area contributed by atoms with Crippen molar-refractivity contribution in [2.75, 3.05) is 32.7 Å². The van der Waals surface area contributed by atoms with E-state index in [4.69, 9.17) is 21.3 Å². The fourth-order valence-corrected chi connectivity index (χ4v) is 7.56. The molecule has 3 aliphatic rings. The lowest BCUT2D eigenvalue weighted by Gasteiger charge is -2.46. The van der Waals surface area contributed by atoms with Gasteiger partial charge in [-0.25, -0.2) is 4.79 Å². The first-order chi connectivity index (χ1) is 21.1. The number of aryl methyl sites for hydroxylation is 2. The molecule has 3 atom stereocenters. The van der Waals surface area contributed by atoms with Gasteiger partial charge in [0.1, 0.15) is 11.6 Å². The van der Waals surface area contributed by atoms with Crippen molar-refractivity contribution in [3.05, 3.63) is 86.9 Å². The number of nitrogens with zero attached hydrogens (tertiary/aromatic N) is 5. The monoisotopic (exact) mass is 681 g/mol. The topological polar surface area (TPSA) is 70.9 Å². The molecule has 44 heavy (non-hydrogen) atoms. The van der Waals surface area contributed by atoms with Gasteiger partial charge in [0.15, 0.2) is 0 Å². The van der Waals surface area contributed by atoms with Crippen LogP contribution in [0, 0.1) is 5.92 Å². The number of ether oxygens (including phenoxy) is 1. The molecule has 0 unspecified atom stereocenters. The molecule has 234 valence electrons. The van der Waals surface area contributed by atoms with Crippen molar-refractivity contribution in [2.45, 2.75) is 70.7 Å². The van der Waals surface area contributed by atoms with Crippen LogP contribution in [0.4, 0.5) is 4.79 Å². The number of benzene rings is 1. The molecule has 4 heterocycles. The zero-order valence-corrected chi connectivity index (χ0v) is 28.1. The number of halogens is 2. The lowest BCUT2D eigenvalue weighted by atomic mass is 9.94. The number of likely N-dealkylation sites (tertiary alicyclic amines) is 1. The van der Waals surface area contributed by atoms with E-state index in [9.17, 15) is 9.59 Å². The molecule has 2 aromatic heterocycles. The highest BCUT2D eigenvalue weighted by atomic mass is 79.9. The molecule has 6 rings (SSSR count). The summed E-state index contributed by atoms with van der Waals surface area (Å²) >= 11 is 10.1. The number of piperidine rings is 1. The molecule has 2 fully saturated rings. The van der Waals surface area contributed by atoms with Gasteiger partial charge in [0.2, 0.25) is 5.91 Å². The summed E-state index contributed by atoms with van der Waals surface area (Å²) in [5.74, 6) is 0.356. The number of hydrogen-bond acceptors (Lipinski definition) is 5. The van der Waals surface area contributed by atoms with Crippen LogP contribution in [-0.2, 0) is 28.9 Å². The Morgan fingerprint density at radius 1 is 1.05 bits per heavy atom. The Labute approximate surface area is 273 Å². The van der Waals surface area contributed by atoms with Crippen LogP contribution in [0.2, 0.25) is 5.02 Å². The minimum absolute atomic E-state index is 0.00768. The first kappa shape index (κ1) is 31.1. The number of aromatic nitrogens is 2. The number of amides is 2. The lowest BCUT2D eigenvalue weighted by Crippen LogP contribution is -2.63. The van der Waals surface area contributed by atoms with E-state index >= 15 is 0 Å². The molecule has 0 saturated carbocycles. The summed E-state index contributed by atoms with van der Waals surface area (Å²) < 4.78 is 8.97. The first-order valence-corrected chi connectivity index (χ1v) is 16.8. The third-order valence-corrected chi connectivity index (χ3v) is 9.62. The number of piperazine rings is 1. The van der Waals surface area contributed by atoms with Gasteiger partial charge in [0.05, 0.1) is 11.7 Å². The van der Waals surface area contributed by atoms with Crippen molar-refractivity contribution in [3.8, 4) is 0 Å². The highest BCUT2D eigenvalue weighted by molar-refractivity contribution is 9.10. The summed E-state index contributed by atoms with van der Waals surface area (Å²) in [4.78, 5) is 39.0. The maximum atomic E-state index is 14.5. The zero-order chi connectivity index (χ0) is 31.0. The Kier molecular flexibility index (Phi) is 9.09. The fourth-order valence-electron chi connectivity index (χ4n) is 6.99. The molecule has 8 nitrogen and oxygen atoms in total. The molecule has 2 saturated heterocycles. The van der Waals surface area contributed by atoms with Crippen molar-refractivity contribution < 1.29 is 14.3 Å². The first-order valence-electron chi connectivity index (χ1n) is 15.6. The predicted octanol–water partition coefficient (Wildman–Crippen LogP) is 6.35. The Balaban J connectivity index is 1.32. The Morgan fingerprint density at radius 2 is 1.82 bits per heavy atom. The summed E-state index contributed by atoms with van der Waals surface area (Å²) in [5.41, 5.74) is 3.86. The molecule has 1 aliphatic carbocycles. The predicted molar refractivity (Wildman–Crippen MR) is 175 cm³/mol. The quantitative estimate of drug-likeness (QED) is 0.321. The minimum atomic E-state index is -0.665. The van der Waals surface area contributed by atoms with E-state index in [1.54, 1.807) is 4.90 Å². The third kappa shape index (κ3) is 6.85. The van der Waals surface area contributed by atoms with E-state index in [2.05, 4.69) is 56.0 Å². The second-order valence-corrected chi connectivity index (χ2v) is 14.7. The van der Waals surface area contributed by atoms with E-state index < -0.39 is 17.7 Å². The maximum Gasteiger partial charge on any atom is 0.411 e. The van der Waals surface area contributed by atoms with Gasteiger partial charge in [-0.1, -0.05) is 17.7 Å². The smallest absolute Gasteiger partial charge is 0.411 e. The van der Waals surface area contributed by atoms with Gasteiger partial charge in [-0.15, -0.1) is 0 Å². The Bertz CT molecular complexity index is 1450. The SMILES string of the molecule is CC(C)(C)OC(=O)N1CCN([C@H]2c3ccc(Cl)cc3CCc3cc(Br)cnc32)C[C@@H]1C(=O)N1CCC[C@H](Cn2cccc2)C1. The molecule has 1 aromatic carbocycles. The number of rotatable bonds is 4. The van der Waals surface area contributed by atoms with Gasteiger partial charge in [0.25, 0.3) is 0 Å². The van der Waals surface area contributed by atoms with Crippen LogP contribution in [0.5, 0.6) is 0 Å². The van der Waals surface area contributed by atoms with Crippen LogP contribution < -0.4 is 0 Å². The highest BCUT2D eigenvalue weighted by Gasteiger charge is 2.43. The Hall–Kier alpha value is -2.88. The van der Waals surface area contributed by atoms with Crippen molar-refractivity contribution in [2.24, 2.45) is 5.92 Å². The number of pyridine rings is 1.